The van der Waals surface area contributed by atoms with E-state index in [-0.39, 0.29) is 5.57 Å². The van der Waals surface area contributed by atoms with E-state index in [1.54, 1.807) is 29.8 Å². The van der Waals surface area contributed by atoms with Crippen molar-refractivity contribution in [3.8, 4) is 17.6 Å². The van der Waals surface area contributed by atoms with Crippen molar-refractivity contribution >= 4 is 28.1 Å². The maximum absolute atomic E-state index is 12.2. The third-order valence-electron chi connectivity index (χ3n) is 2.79. The van der Waals surface area contributed by atoms with Crippen molar-refractivity contribution in [1.29, 1.82) is 5.26 Å². The lowest BCUT2D eigenvalue weighted by Gasteiger charge is -2.11. The number of benzene rings is 1. The fourth-order valence-electron chi connectivity index (χ4n) is 1.68. The molecule has 0 bridgehead atoms. The summed E-state index contributed by atoms with van der Waals surface area (Å²) in [6, 6.07) is 6.83. The predicted octanol–water partition coefficient (Wildman–Crippen LogP) is 2.62. The number of nitrogens with one attached hydrogen (secondary N) is 2. The minimum atomic E-state index is -0.567. The number of rotatable bonds is 6. The second-order valence-electron chi connectivity index (χ2n) is 4.17. The van der Waals surface area contributed by atoms with Crippen molar-refractivity contribution in [1.82, 2.24) is 4.98 Å². The fraction of sp³-hybridized carbons (Fsp3) is 0.133. The molecule has 0 radical (unpaired) electrons. The van der Waals surface area contributed by atoms with E-state index in [9.17, 15) is 4.79 Å². The zero-order chi connectivity index (χ0) is 16.7. The van der Waals surface area contributed by atoms with E-state index in [1.807, 2.05) is 6.07 Å². The third-order valence-corrected chi connectivity index (χ3v) is 3.50. The van der Waals surface area contributed by atoms with Crippen molar-refractivity contribution in [3.63, 3.8) is 0 Å². The highest BCUT2D eigenvalue weighted by Crippen LogP contribution is 2.29. The molecule has 0 spiro atoms. The van der Waals surface area contributed by atoms with Gasteiger partial charge in [0.2, 0.25) is 0 Å². The van der Waals surface area contributed by atoms with E-state index in [0.717, 1.165) is 0 Å². The van der Waals surface area contributed by atoms with Crippen LogP contribution in [0.5, 0.6) is 11.5 Å². The lowest BCUT2D eigenvalue weighted by atomic mass is 10.2. The van der Waals surface area contributed by atoms with Crippen LogP contribution in [0.25, 0.3) is 0 Å². The van der Waals surface area contributed by atoms with Gasteiger partial charge in [-0.05, 0) is 12.1 Å². The van der Waals surface area contributed by atoms with Gasteiger partial charge in [0.25, 0.3) is 5.91 Å². The molecular formula is C15H14N4O3S. The molecule has 8 heteroatoms. The number of methoxy groups -OCH3 is 2. The highest BCUT2D eigenvalue weighted by molar-refractivity contribution is 7.13. The van der Waals surface area contributed by atoms with Gasteiger partial charge in [-0.25, -0.2) is 4.98 Å². The molecule has 23 heavy (non-hydrogen) atoms. The van der Waals surface area contributed by atoms with Gasteiger partial charge in [0.1, 0.15) is 23.1 Å². The SMILES string of the molecule is COc1ccc(OC)c(NC(=O)/C(C#N)=C\Nc2nccs2)c1. The first-order chi connectivity index (χ1) is 11.2. The fourth-order valence-corrected chi connectivity index (χ4v) is 2.18. The molecule has 0 aliphatic rings. The highest BCUT2D eigenvalue weighted by Gasteiger charge is 2.13. The number of amides is 1. The smallest absolute Gasteiger partial charge is 0.267 e. The Hall–Kier alpha value is -3.05. The summed E-state index contributed by atoms with van der Waals surface area (Å²) in [7, 11) is 3.01. The van der Waals surface area contributed by atoms with Crippen LogP contribution in [0, 0.1) is 11.3 Å². The average Bonchev–Trinajstić information content (AvgIpc) is 3.08. The number of nitrogens with zero attached hydrogens (tertiary/aromatic N) is 2. The molecule has 0 aliphatic carbocycles. The number of carbonyl (C=O) groups excluding carboxylic acids is 1. The van der Waals surface area contributed by atoms with Crippen molar-refractivity contribution in [2.45, 2.75) is 0 Å². The largest absolute Gasteiger partial charge is 0.497 e. The summed E-state index contributed by atoms with van der Waals surface area (Å²) in [4.78, 5) is 16.2. The molecule has 7 nitrogen and oxygen atoms in total. The number of thiazole rings is 1. The molecule has 1 aromatic heterocycles. The third kappa shape index (κ3) is 4.21. The summed E-state index contributed by atoms with van der Waals surface area (Å²) in [5.74, 6) is 0.455. The lowest BCUT2D eigenvalue weighted by Crippen LogP contribution is -2.15. The molecular weight excluding hydrogens is 316 g/mol. The quantitative estimate of drug-likeness (QED) is 0.624. The van der Waals surface area contributed by atoms with Gasteiger partial charge in [0.05, 0.1) is 19.9 Å². The van der Waals surface area contributed by atoms with Gasteiger partial charge in [0.15, 0.2) is 5.13 Å². The molecule has 0 fully saturated rings. The summed E-state index contributed by atoms with van der Waals surface area (Å²) >= 11 is 1.36. The van der Waals surface area contributed by atoms with Gasteiger partial charge in [-0.2, -0.15) is 5.26 Å². The summed E-state index contributed by atoms with van der Waals surface area (Å²) in [6.45, 7) is 0. The van der Waals surface area contributed by atoms with Crippen molar-refractivity contribution in [2.24, 2.45) is 0 Å². The maximum atomic E-state index is 12.2. The Bertz CT molecular complexity index is 751. The van der Waals surface area contributed by atoms with Crippen LogP contribution in [-0.4, -0.2) is 25.1 Å². The van der Waals surface area contributed by atoms with Crippen molar-refractivity contribution in [3.05, 3.63) is 41.5 Å². The van der Waals surface area contributed by atoms with Crippen LogP contribution in [0.4, 0.5) is 10.8 Å². The first kappa shape index (κ1) is 16.3. The normalized spacial score (nSPS) is 10.6. The summed E-state index contributed by atoms with van der Waals surface area (Å²) in [5.41, 5.74) is 0.317. The van der Waals surface area contributed by atoms with Crippen molar-refractivity contribution < 1.29 is 14.3 Å². The Morgan fingerprint density at radius 3 is 2.83 bits per heavy atom. The van der Waals surface area contributed by atoms with Crippen LogP contribution >= 0.6 is 11.3 Å². The van der Waals surface area contributed by atoms with Gasteiger partial charge in [-0.1, -0.05) is 0 Å². The summed E-state index contributed by atoms with van der Waals surface area (Å²) in [6.07, 6.45) is 2.93. The Morgan fingerprint density at radius 1 is 1.39 bits per heavy atom. The van der Waals surface area contributed by atoms with E-state index in [0.29, 0.717) is 22.3 Å². The number of nitriles is 1. The number of ether oxygens (including phenoxy) is 2. The zero-order valence-corrected chi connectivity index (χ0v) is 13.3. The van der Waals surface area contributed by atoms with Crippen LogP contribution < -0.4 is 20.1 Å². The molecule has 2 aromatic rings. The molecule has 1 amide bonds. The Balaban J connectivity index is 2.16. The number of anilines is 2. The standard InChI is InChI=1S/C15H14N4O3S/c1-21-11-3-4-13(22-2)12(7-11)19-14(20)10(8-16)9-18-15-17-5-6-23-15/h3-7,9H,1-2H3,(H,17,18)(H,19,20)/b10-9-. The van der Waals surface area contributed by atoms with Gasteiger partial charge in [-0.15, -0.1) is 11.3 Å². The second-order valence-corrected chi connectivity index (χ2v) is 5.07. The summed E-state index contributed by atoms with van der Waals surface area (Å²) < 4.78 is 10.3. The number of hydrogen-bond acceptors (Lipinski definition) is 7. The molecule has 1 heterocycles. The number of carbonyl (C=O) groups is 1. The minimum Gasteiger partial charge on any atom is -0.497 e. The molecule has 2 rings (SSSR count). The van der Waals surface area contributed by atoms with Gasteiger partial charge in [0, 0.05) is 23.8 Å². The number of aromatic nitrogens is 1. The minimum absolute atomic E-state index is 0.0925. The molecule has 0 saturated heterocycles. The molecule has 0 saturated carbocycles. The van der Waals surface area contributed by atoms with Gasteiger partial charge < -0.3 is 20.1 Å². The summed E-state index contributed by atoms with van der Waals surface area (Å²) in [5, 5.41) is 16.9. The van der Waals surface area contributed by atoms with E-state index in [2.05, 4.69) is 15.6 Å². The average molecular weight is 330 g/mol. The van der Waals surface area contributed by atoms with Crippen LogP contribution in [0.1, 0.15) is 0 Å². The molecule has 1 aromatic carbocycles. The van der Waals surface area contributed by atoms with E-state index < -0.39 is 5.91 Å². The molecule has 0 aliphatic heterocycles. The topological polar surface area (TPSA) is 96.3 Å². The van der Waals surface area contributed by atoms with Crippen LogP contribution in [0.3, 0.4) is 0 Å². The Morgan fingerprint density at radius 2 is 2.22 bits per heavy atom. The molecule has 2 N–H and O–H groups in total. The van der Waals surface area contributed by atoms with E-state index >= 15 is 0 Å². The Labute approximate surface area is 137 Å². The Kier molecular flexibility index (Phi) is 5.55. The monoisotopic (exact) mass is 330 g/mol. The van der Waals surface area contributed by atoms with Gasteiger partial charge in [-0.3, -0.25) is 4.79 Å². The second kappa shape index (κ2) is 7.82. The highest BCUT2D eigenvalue weighted by atomic mass is 32.1. The maximum Gasteiger partial charge on any atom is 0.267 e. The number of hydrogen-bond donors (Lipinski definition) is 2. The van der Waals surface area contributed by atoms with Gasteiger partial charge >= 0.3 is 0 Å². The lowest BCUT2D eigenvalue weighted by molar-refractivity contribution is -0.112. The first-order valence-corrected chi connectivity index (χ1v) is 7.35. The van der Waals surface area contributed by atoms with Crippen LogP contribution in [0.15, 0.2) is 41.5 Å². The zero-order valence-electron chi connectivity index (χ0n) is 12.5. The van der Waals surface area contributed by atoms with Crippen LogP contribution in [0.2, 0.25) is 0 Å². The van der Waals surface area contributed by atoms with Crippen LogP contribution in [-0.2, 0) is 4.79 Å². The predicted molar refractivity (Wildman–Crippen MR) is 87.6 cm³/mol. The molecule has 0 unspecified atom stereocenters. The molecule has 118 valence electrons. The first-order valence-electron chi connectivity index (χ1n) is 6.47. The molecule has 0 atom stereocenters. The van der Waals surface area contributed by atoms with E-state index in [1.165, 1.54) is 31.8 Å². The van der Waals surface area contributed by atoms with E-state index in [4.69, 9.17) is 14.7 Å². The van der Waals surface area contributed by atoms with Crippen molar-refractivity contribution in [2.75, 3.05) is 24.9 Å².